The summed E-state index contributed by atoms with van der Waals surface area (Å²) in [6, 6.07) is 4.33. The van der Waals surface area contributed by atoms with Gasteiger partial charge in [0.1, 0.15) is 12.4 Å². The third-order valence-corrected chi connectivity index (χ3v) is 2.44. The summed E-state index contributed by atoms with van der Waals surface area (Å²) in [5.41, 5.74) is 0.767. The highest BCUT2D eigenvalue weighted by atomic mass is 19.1. The van der Waals surface area contributed by atoms with Crippen molar-refractivity contribution < 1.29 is 23.4 Å². The number of hydrogen-bond acceptors (Lipinski definition) is 4. The molecule has 0 bridgehead atoms. The molecular weight excluding hydrogens is 251 g/mol. The number of aryl methyl sites for hydroxylation is 1. The van der Waals surface area contributed by atoms with Gasteiger partial charge in [-0.3, -0.25) is 0 Å². The van der Waals surface area contributed by atoms with Crippen molar-refractivity contribution in [1.82, 2.24) is 0 Å². The zero-order valence-electron chi connectivity index (χ0n) is 11.3. The minimum absolute atomic E-state index is 0.0422. The van der Waals surface area contributed by atoms with Gasteiger partial charge in [-0.2, -0.15) is 0 Å². The van der Waals surface area contributed by atoms with Crippen molar-refractivity contribution in [2.24, 2.45) is 0 Å². The topological polar surface area (TPSA) is 44.8 Å². The fourth-order valence-electron chi connectivity index (χ4n) is 1.47. The summed E-state index contributed by atoms with van der Waals surface area (Å²) in [6.45, 7) is 3.37. The molecule has 0 atom stereocenters. The highest BCUT2D eigenvalue weighted by Crippen LogP contribution is 2.11. The molecule has 0 unspecified atom stereocenters. The lowest BCUT2D eigenvalue weighted by atomic mass is 10.1. The third kappa shape index (κ3) is 5.81. The van der Waals surface area contributed by atoms with Gasteiger partial charge in [0.15, 0.2) is 0 Å². The highest BCUT2D eigenvalue weighted by molar-refractivity contribution is 5.89. The van der Waals surface area contributed by atoms with E-state index in [1.165, 1.54) is 12.1 Å². The Morgan fingerprint density at radius 2 is 2.00 bits per heavy atom. The van der Waals surface area contributed by atoms with Crippen LogP contribution in [0.2, 0.25) is 0 Å². The van der Waals surface area contributed by atoms with Crippen LogP contribution in [0.1, 0.15) is 22.3 Å². The van der Waals surface area contributed by atoms with E-state index < -0.39 is 11.8 Å². The number of rotatable bonds is 8. The molecule has 0 fully saturated rings. The lowest BCUT2D eigenvalue weighted by molar-refractivity contribution is 0.0284. The van der Waals surface area contributed by atoms with Gasteiger partial charge < -0.3 is 14.2 Å². The molecule has 0 saturated heterocycles. The van der Waals surface area contributed by atoms with Crippen LogP contribution in [0.25, 0.3) is 0 Å². The van der Waals surface area contributed by atoms with Crippen LogP contribution < -0.4 is 0 Å². The van der Waals surface area contributed by atoms with Crippen LogP contribution in [-0.2, 0) is 14.2 Å². The molecular formula is C14H19FO4. The molecule has 0 saturated carbocycles. The molecule has 19 heavy (non-hydrogen) atoms. The number of esters is 1. The second-order valence-electron chi connectivity index (χ2n) is 4.08. The average molecular weight is 270 g/mol. The largest absolute Gasteiger partial charge is 0.460 e. The Bertz CT molecular complexity index is 406. The summed E-state index contributed by atoms with van der Waals surface area (Å²) in [5.74, 6) is -1.24. The molecule has 0 amide bonds. The first-order chi connectivity index (χ1) is 9.15. The molecule has 0 spiro atoms. The second-order valence-corrected chi connectivity index (χ2v) is 4.08. The fraction of sp³-hybridized carbons (Fsp3) is 0.500. The molecule has 0 aliphatic carbocycles. The van der Waals surface area contributed by atoms with Crippen molar-refractivity contribution in [3.05, 3.63) is 35.1 Å². The summed E-state index contributed by atoms with van der Waals surface area (Å²) in [5, 5.41) is 0. The zero-order valence-corrected chi connectivity index (χ0v) is 11.3. The summed E-state index contributed by atoms with van der Waals surface area (Å²) in [4.78, 5) is 11.6. The minimum Gasteiger partial charge on any atom is -0.460 e. The van der Waals surface area contributed by atoms with Gasteiger partial charge in [0.2, 0.25) is 0 Å². The van der Waals surface area contributed by atoms with E-state index >= 15 is 0 Å². The van der Waals surface area contributed by atoms with Crippen molar-refractivity contribution in [2.75, 3.05) is 33.5 Å². The first kappa shape index (κ1) is 15.6. The van der Waals surface area contributed by atoms with E-state index in [1.54, 1.807) is 20.1 Å². The van der Waals surface area contributed by atoms with Crippen LogP contribution in [-0.4, -0.2) is 39.5 Å². The molecule has 1 rings (SSSR count). The number of ether oxygens (including phenoxy) is 3. The van der Waals surface area contributed by atoms with E-state index in [-0.39, 0.29) is 12.2 Å². The predicted octanol–water partition coefficient (Wildman–Crippen LogP) is 2.34. The molecule has 1 aromatic rings. The van der Waals surface area contributed by atoms with Crippen LogP contribution in [0.5, 0.6) is 0 Å². The van der Waals surface area contributed by atoms with Crippen LogP contribution in [0.15, 0.2) is 18.2 Å². The number of hydrogen-bond donors (Lipinski definition) is 0. The Morgan fingerprint density at radius 1 is 1.21 bits per heavy atom. The smallest absolute Gasteiger partial charge is 0.341 e. The summed E-state index contributed by atoms with van der Waals surface area (Å²) < 4.78 is 28.4. The predicted molar refractivity (Wildman–Crippen MR) is 68.7 cm³/mol. The van der Waals surface area contributed by atoms with Gasteiger partial charge >= 0.3 is 5.97 Å². The van der Waals surface area contributed by atoms with E-state index in [9.17, 15) is 9.18 Å². The normalized spacial score (nSPS) is 10.5. The second kappa shape index (κ2) is 8.61. The monoisotopic (exact) mass is 270 g/mol. The SMILES string of the molecule is COCCCOCCOC(=O)c1cc(C)ccc1F. The van der Waals surface area contributed by atoms with Crippen LogP contribution >= 0.6 is 0 Å². The number of benzene rings is 1. The van der Waals surface area contributed by atoms with Gasteiger partial charge in [0, 0.05) is 20.3 Å². The number of carbonyl (C=O) groups excluding carboxylic acids is 1. The quantitative estimate of drug-likeness (QED) is 0.537. The molecule has 5 heteroatoms. The van der Waals surface area contributed by atoms with Crippen molar-refractivity contribution in [2.45, 2.75) is 13.3 Å². The van der Waals surface area contributed by atoms with Gasteiger partial charge in [-0.25, -0.2) is 9.18 Å². The van der Waals surface area contributed by atoms with Crippen LogP contribution in [0.3, 0.4) is 0 Å². The molecule has 0 heterocycles. The first-order valence-electron chi connectivity index (χ1n) is 6.15. The van der Waals surface area contributed by atoms with Crippen LogP contribution in [0.4, 0.5) is 4.39 Å². The number of carbonyl (C=O) groups is 1. The van der Waals surface area contributed by atoms with Gasteiger partial charge in [-0.1, -0.05) is 11.6 Å². The van der Waals surface area contributed by atoms with Crippen LogP contribution in [0, 0.1) is 12.7 Å². The first-order valence-corrected chi connectivity index (χ1v) is 6.15. The van der Waals surface area contributed by atoms with Gasteiger partial charge in [0.05, 0.1) is 12.2 Å². The minimum atomic E-state index is -0.665. The Labute approximate surface area is 112 Å². The van der Waals surface area contributed by atoms with Crippen molar-refractivity contribution in [3.63, 3.8) is 0 Å². The molecule has 0 aromatic heterocycles. The average Bonchev–Trinajstić information content (AvgIpc) is 2.40. The van der Waals surface area contributed by atoms with Crippen molar-refractivity contribution >= 4 is 5.97 Å². The van der Waals surface area contributed by atoms with E-state index in [0.717, 1.165) is 12.0 Å². The van der Waals surface area contributed by atoms with E-state index in [4.69, 9.17) is 14.2 Å². The maximum atomic E-state index is 13.4. The summed E-state index contributed by atoms with van der Waals surface area (Å²) in [6.07, 6.45) is 0.789. The summed E-state index contributed by atoms with van der Waals surface area (Å²) >= 11 is 0. The maximum absolute atomic E-state index is 13.4. The van der Waals surface area contributed by atoms with Gasteiger partial charge in [-0.15, -0.1) is 0 Å². The van der Waals surface area contributed by atoms with E-state index in [1.807, 2.05) is 0 Å². The molecule has 106 valence electrons. The third-order valence-electron chi connectivity index (χ3n) is 2.44. The molecule has 0 radical (unpaired) electrons. The molecule has 0 aliphatic heterocycles. The van der Waals surface area contributed by atoms with Gasteiger partial charge in [0.25, 0.3) is 0 Å². The Balaban J connectivity index is 2.26. The fourth-order valence-corrected chi connectivity index (χ4v) is 1.47. The molecule has 0 N–H and O–H groups in total. The highest BCUT2D eigenvalue weighted by Gasteiger charge is 2.12. The van der Waals surface area contributed by atoms with Crippen molar-refractivity contribution in [3.8, 4) is 0 Å². The lowest BCUT2D eigenvalue weighted by Crippen LogP contribution is -2.13. The molecule has 4 nitrogen and oxygen atoms in total. The van der Waals surface area contributed by atoms with E-state index in [0.29, 0.717) is 19.8 Å². The number of halogens is 1. The molecule has 0 aliphatic rings. The standard InChI is InChI=1S/C14H19FO4/c1-11-4-5-13(15)12(10-11)14(16)19-9-8-18-7-3-6-17-2/h4-5,10H,3,6-9H2,1-2H3. The van der Waals surface area contributed by atoms with Gasteiger partial charge in [-0.05, 0) is 25.5 Å². The zero-order chi connectivity index (χ0) is 14.1. The Kier molecular flexibility index (Phi) is 7.07. The Hall–Kier alpha value is -1.46. The maximum Gasteiger partial charge on any atom is 0.341 e. The van der Waals surface area contributed by atoms with E-state index in [2.05, 4.69) is 0 Å². The lowest BCUT2D eigenvalue weighted by Gasteiger charge is -2.07. The van der Waals surface area contributed by atoms with Crippen molar-refractivity contribution in [1.29, 1.82) is 0 Å². The number of methoxy groups -OCH3 is 1. The Morgan fingerprint density at radius 3 is 2.74 bits per heavy atom. The summed E-state index contributed by atoms with van der Waals surface area (Å²) in [7, 11) is 1.62. The molecule has 1 aromatic carbocycles.